The van der Waals surface area contributed by atoms with E-state index < -0.39 is 0 Å². The summed E-state index contributed by atoms with van der Waals surface area (Å²) in [6.07, 6.45) is 4.15. The molecule has 0 amide bonds. The van der Waals surface area contributed by atoms with Crippen LogP contribution in [0.15, 0.2) is 27.4 Å². The van der Waals surface area contributed by atoms with Crippen molar-refractivity contribution >= 4 is 11.0 Å². The van der Waals surface area contributed by atoms with Gasteiger partial charge in [-0.15, -0.1) is 0 Å². The Morgan fingerprint density at radius 2 is 2.09 bits per heavy atom. The van der Waals surface area contributed by atoms with Crippen molar-refractivity contribution in [2.24, 2.45) is 5.92 Å². The summed E-state index contributed by atoms with van der Waals surface area (Å²) in [5, 5.41) is 10.8. The van der Waals surface area contributed by atoms with Crippen LogP contribution >= 0.6 is 0 Å². The summed E-state index contributed by atoms with van der Waals surface area (Å²) in [5.41, 5.74) is 4.23. The van der Waals surface area contributed by atoms with E-state index in [4.69, 9.17) is 4.42 Å². The highest BCUT2D eigenvalue weighted by molar-refractivity contribution is 5.82. The molecular weight excluding hydrogens is 290 g/mol. The molecule has 4 heteroatoms. The van der Waals surface area contributed by atoms with Gasteiger partial charge in [-0.25, -0.2) is 4.79 Å². The Balaban J connectivity index is 1.68. The second-order valence-electron chi connectivity index (χ2n) is 7.09. The van der Waals surface area contributed by atoms with Gasteiger partial charge in [0.15, 0.2) is 0 Å². The Hall–Kier alpha value is -1.65. The summed E-state index contributed by atoms with van der Waals surface area (Å²) in [5.74, 6) is 0.339. The maximum Gasteiger partial charge on any atom is 0.336 e. The summed E-state index contributed by atoms with van der Waals surface area (Å²) in [4.78, 5) is 14.3. The first-order chi connectivity index (χ1) is 11.1. The van der Waals surface area contributed by atoms with Crippen molar-refractivity contribution in [1.29, 1.82) is 0 Å². The zero-order valence-corrected chi connectivity index (χ0v) is 13.5. The van der Waals surface area contributed by atoms with Crippen LogP contribution in [0.25, 0.3) is 11.0 Å². The zero-order chi connectivity index (χ0) is 16.0. The van der Waals surface area contributed by atoms with Gasteiger partial charge in [0.25, 0.3) is 0 Å². The highest BCUT2D eigenvalue weighted by Gasteiger charge is 2.26. The van der Waals surface area contributed by atoms with Crippen molar-refractivity contribution in [3.05, 3.63) is 45.3 Å². The van der Waals surface area contributed by atoms with Gasteiger partial charge in [-0.2, -0.15) is 0 Å². The minimum atomic E-state index is -0.267. The molecule has 2 atom stereocenters. The fourth-order valence-corrected chi connectivity index (χ4v) is 4.07. The first-order valence-electron chi connectivity index (χ1n) is 8.59. The van der Waals surface area contributed by atoms with E-state index in [1.807, 2.05) is 6.92 Å². The van der Waals surface area contributed by atoms with E-state index in [9.17, 15) is 9.90 Å². The lowest BCUT2D eigenvalue weighted by molar-refractivity contribution is 0.127. The Morgan fingerprint density at radius 1 is 1.30 bits per heavy atom. The number of aliphatic hydroxyl groups excluding tert-OH is 1. The fraction of sp³-hybridized carbons (Fsp3) is 0.526. The van der Waals surface area contributed by atoms with E-state index in [1.54, 1.807) is 6.07 Å². The molecule has 1 aliphatic heterocycles. The molecule has 0 spiro atoms. The van der Waals surface area contributed by atoms with Crippen molar-refractivity contribution in [1.82, 2.24) is 4.90 Å². The molecule has 1 N–H and O–H groups in total. The van der Waals surface area contributed by atoms with E-state index in [0.717, 1.165) is 55.4 Å². The number of hydrogen-bond donors (Lipinski definition) is 1. The summed E-state index contributed by atoms with van der Waals surface area (Å²) < 4.78 is 5.44. The second-order valence-corrected chi connectivity index (χ2v) is 7.09. The number of rotatable bonds is 3. The largest absolute Gasteiger partial charge is 0.423 e. The van der Waals surface area contributed by atoms with Crippen LogP contribution in [0, 0.1) is 5.92 Å². The van der Waals surface area contributed by atoms with Gasteiger partial charge >= 0.3 is 5.63 Å². The van der Waals surface area contributed by atoms with Crippen LogP contribution in [0.3, 0.4) is 0 Å². The Morgan fingerprint density at radius 3 is 2.83 bits per heavy atom. The molecule has 1 fully saturated rings. The van der Waals surface area contributed by atoms with Crippen molar-refractivity contribution < 1.29 is 9.52 Å². The molecule has 0 radical (unpaired) electrons. The van der Waals surface area contributed by atoms with E-state index in [2.05, 4.69) is 17.0 Å². The maximum absolute atomic E-state index is 11.9. The molecule has 0 saturated carbocycles. The average Bonchev–Trinajstić information content (AvgIpc) is 3.13. The van der Waals surface area contributed by atoms with Gasteiger partial charge in [0.05, 0.1) is 6.10 Å². The molecule has 1 aliphatic carbocycles. The SMILES string of the molecule is CC(O)C1CCN(Cc2cc(=O)oc3cc4c(cc23)CCC4)C1. The van der Waals surface area contributed by atoms with E-state index >= 15 is 0 Å². The molecule has 1 aromatic carbocycles. The minimum Gasteiger partial charge on any atom is -0.423 e. The predicted molar refractivity (Wildman–Crippen MR) is 89.6 cm³/mol. The minimum absolute atomic E-state index is 0.263. The van der Waals surface area contributed by atoms with Crippen molar-refractivity contribution in [3.8, 4) is 0 Å². The molecule has 1 saturated heterocycles. The van der Waals surface area contributed by atoms with E-state index in [-0.39, 0.29) is 11.7 Å². The smallest absolute Gasteiger partial charge is 0.336 e. The number of hydrogen-bond acceptors (Lipinski definition) is 4. The third-order valence-electron chi connectivity index (χ3n) is 5.43. The first-order valence-corrected chi connectivity index (χ1v) is 8.59. The normalized spacial score (nSPS) is 22.6. The van der Waals surface area contributed by atoms with Gasteiger partial charge in [0.2, 0.25) is 0 Å². The van der Waals surface area contributed by atoms with Crippen molar-refractivity contribution in [3.63, 3.8) is 0 Å². The molecular formula is C19H23NO3. The lowest BCUT2D eigenvalue weighted by atomic mass is 10.0. The molecule has 2 aliphatic rings. The summed E-state index contributed by atoms with van der Waals surface area (Å²) in [6, 6.07) is 5.92. The average molecular weight is 313 g/mol. The van der Waals surface area contributed by atoms with Gasteiger partial charge < -0.3 is 9.52 Å². The van der Waals surface area contributed by atoms with E-state index in [1.165, 1.54) is 17.5 Å². The number of fused-ring (bicyclic) bond motifs is 2. The molecule has 2 heterocycles. The number of likely N-dealkylation sites (tertiary alicyclic amines) is 1. The van der Waals surface area contributed by atoms with Crippen LogP contribution in [-0.4, -0.2) is 29.2 Å². The molecule has 2 aromatic rings. The Bertz CT molecular complexity index is 793. The molecule has 0 bridgehead atoms. The highest BCUT2D eigenvalue weighted by Crippen LogP contribution is 2.30. The maximum atomic E-state index is 11.9. The van der Waals surface area contributed by atoms with Gasteiger partial charge in [0, 0.05) is 24.5 Å². The number of nitrogens with zero attached hydrogens (tertiary/aromatic N) is 1. The predicted octanol–water partition coefficient (Wildman–Crippen LogP) is 2.48. The first kappa shape index (κ1) is 14.9. The lowest BCUT2D eigenvalue weighted by Gasteiger charge is -2.18. The van der Waals surface area contributed by atoms with Crippen LogP contribution in [0.1, 0.15) is 36.5 Å². The summed E-state index contributed by atoms with van der Waals surface area (Å²) in [6.45, 7) is 4.49. The van der Waals surface area contributed by atoms with Gasteiger partial charge in [-0.3, -0.25) is 4.90 Å². The molecule has 4 nitrogen and oxygen atoms in total. The molecule has 23 heavy (non-hydrogen) atoms. The van der Waals surface area contributed by atoms with Gasteiger partial charge in [-0.05, 0) is 73.9 Å². The summed E-state index contributed by atoms with van der Waals surface area (Å²) in [7, 11) is 0. The van der Waals surface area contributed by atoms with Crippen LogP contribution in [0.4, 0.5) is 0 Å². The fourth-order valence-electron chi connectivity index (χ4n) is 4.07. The zero-order valence-electron chi connectivity index (χ0n) is 13.5. The Kier molecular flexibility index (Phi) is 3.74. The standard InChI is InChI=1S/C19H23NO3/c1-12(21)15-5-6-20(10-15)11-16-9-19(22)23-18-8-14-4-2-3-13(14)7-17(16)18/h7-9,12,15,21H,2-6,10-11H2,1H3. The number of benzene rings is 1. The van der Waals surface area contributed by atoms with E-state index in [0.29, 0.717) is 5.92 Å². The Labute approximate surface area is 135 Å². The molecule has 2 unspecified atom stereocenters. The molecule has 122 valence electrons. The quantitative estimate of drug-likeness (QED) is 0.885. The lowest BCUT2D eigenvalue weighted by Crippen LogP contribution is -2.24. The van der Waals surface area contributed by atoms with Gasteiger partial charge in [0.1, 0.15) is 5.58 Å². The molecule has 4 rings (SSSR count). The number of aliphatic hydroxyl groups is 1. The topological polar surface area (TPSA) is 53.7 Å². The molecule has 1 aromatic heterocycles. The van der Waals surface area contributed by atoms with Crippen molar-refractivity contribution in [2.75, 3.05) is 13.1 Å². The van der Waals surface area contributed by atoms with Crippen molar-refractivity contribution in [2.45, 2.75) is 45.3 Å². The third kappa shape index (κ3) is 2.81. The van der Waals surface area contributed by atoms with Crippen LogP contribution in [-0.2, 0) is 19.4 Å². The monoisotopic (exact) mass is 313 g/mol. The van der Waals surface area contributed by atoms with Gasteiger partial charge in [-0.1, -0.05) is 0 Å². The second kappa shape index (κ2) is 5.77. The third-order valence-corrected chi connectivity index (χ3v) is 5.43. The van der Waals surface area contributed by atoms with Crippen LogP contribution in [0.2, 0.25) is 0 Å². The van der Waals surface area contributed by atoms with Crippen LogP contribution < -0.4 is 5.63 Å². The number of aryl methyl sites for hydroxylation is 2. The highest BCUT2D eigenvalue weighted by atomic mass is 16.4. The van der Waals surface area contributed by atoms with Crippen LogP contribution in [0.5, 0.6) is 0 Å². The summed E-state index contributed by atoms with van der Waals surface area (Å²) >= 11 is 0.